The third-order valence-corrected chi connectivity index (χ3v) is 3.70. The second-order valence-corrected chi connectivity index (χ2v) is 5.22. The zero-order chi connectivity index (χ0) is 13.0. The van der Waals surface area contributed by atoms with Crippen LogP contribution in [-0.2, 0) is 13.1 Å². The lowest BCUT2D eigenvalue weighted by atomic mass is 10.2. The summed E-state index contributed by atoms with van der Waals surface area (Å²) >= 11 is 0. The first kappa shape index (κ1) is 13.5. The Morgan fingerprint density at radius 1 is 1.56 bits per heavy atom. The third kappa shape index (κ3) is 3.51. The summed E-state index contributed by atoms with van der Waals surface area (Å²) in [6.07, 6.45) is 4.58. The molecular weight excluding hydrogens is 228 g/mol. The predicted molar refractivity (Wildman–Crippen MR) is 71.1 cm³/mol. The van der Waals surface area contributed by atoms with Gasteiger partial charge in [0, 0.05) is 31.9 Å². The summed E-state index contributed by atoms with van der Waals surface area (Å²) in [6.45, 7) is 4.71. The van der Waals surface area contributed by atoms with E-state index in [-0.39, 0.29) is 0 Å². The molecule has 6 heteroatoms. The number of aromatic nitrogens is 3. The minimum atomic E-state index is 0.461. The molecule has 1 saturated heterocycles. The highest BCUT2D eigenvalue weighted by Crippen LogP contribution is 2.15. The summed E-state index contributed by atoms with van der Waals surface area (Å²) in [6, 6.07) is 0.713. The van der Waals surface area contributed by atoms with Crippen LogP contribution in [0.2, 0.25) is 0 Å². The van der Waals surface area contributed by atoms with E-state index in [0.29, 0.717) is 12.6 Å². The van der Waals surface area contributed by atoms with Crippen molar-refractivity contribution in [2.75, 3.05) is 33.7 Å². The molecule has 1 aliphatic rings. The molecule has 102 valence electrons. The van der Waals surface area contributed by atoms with E-state index in [1.165, 1.54) is 19.4 Å². The molecule has 1 aliphatic heterocycles. The van der Waals surface area contributed by atoms with E-state index in [4.69, 9.17) is 5.73 Å². The Bertz CT molecular complexity index is 363. The van der Waals surface area contributed by atoms with Crippen molar-refractivity contribution < 1.29 is 0 Å². The fraction of sp³-hybridized carbons (Fsp3) is 0.833. The van der Waals surface area contributed by atoms with Gasteiger partial charge in [-0.15, -0.1) is 5.10 Å². The van der Waals surface area contributed by atoms with Gasteiger partial charge in [0.15, 0.2) is 0 Å². The Kier molecular flexibility index (Phi) is 4.68. The van der Waals surface area contributed by atoms with Crippen molar-refractivity contribution in [3.05, 3.63) is 11.9 Å². The number of hydrogen-bond donors (Lipinski definition) is 1. The van der Waals surface area contributed by atoms with Crippen LogP contribution < -0.4 is 5.73 Å². The van der Waals surface area contributed by atoms with Crippen LogP contribution in [0, 0.1) is 0 Å². The summed E-state index contributed by atoms with van der Waals surface area (Å²) in [5.41, 5.74) is 6.37. The Morgan fingerprint density at radius 3 is 3.00 bits per heavy atom. The zero-order valence-corrected chi connectivity index (χ0v) is 11.4. The molecule has 0 aromatic carbocycles. The standard InChI is InChI=1S/C12H24N6/c1-16(10-12-4-3-5-17(12)2)6-7-18-9-11(8-13)14-15-18/h9,12H,3-8,10,13H2,1-2H3. The topological polar surface area (TPSA) is 63.2 Å². The molecule has 1 atom stereocenters. The van der Waals surface area contributed by atoms with Gasteiger partial charge in [-0.05, 0) is 33.5 Å². The van der Waals surface area contributed by atoms with E-state index in [1.54, 1.807) is 0 Å². The van der Waals surface area contributed by atoms with Crippen LogP contribution in [0.4, 0.5) is 0 Å². The smallest absolute Gasteiger partial charge is 0.0962 e. The van der Waals surface area contributed by atoms with Gasteiger partial charge < -0.3 is 15.5 Å². The second-order valence-electron chi connectivity index (χ2n) is 5.22. The summed E-state index contributed by atoms with van der Waals surface area (Å²) in [4.78, 5) is 4.83. The number of nitrogens with two attached hydrogens (primary N) is 1. The largest absolute Gasteiger partial charge is 0.325 e. The minimum absolute atomic E-state index is 0.461. The Hall–Kier alpha value is -0.980. The highest BCUT2D eigenvalue weighted by Gasteiger charge is 2.21. The molecule has 0 radical (unpaired) electrons. The maximum Gasteiger partial charge on any atom is 0.0962 e. The maximum absolute atomic E-state index is 5.51. The Morgan fingerprint density at radius 2 is 2.39 bits per heavy atom. The van der Waals surface area contributed by atoms with Crippen molar-refractivity contribution in [1.82, 2.24) is 24.8 Å². The number of likely N-dealkylation sites (tertiary alicyclic amines) is 1. The highest BCUT2D eigenvalue weighted by atomic mass is 15.4. The second kappa shape index (κ2) is 6.26. The molecule has 0 aliphatic carbocycles. The fourth-order valence-electron chi connectivity index (χ4n) is 2.48. The molecular formula is C12H24N6. The van der Waals surface area contributed by atoms with E-state index < -0.39 is 0 Å². The fourth-order valence-corrected chi connectivity index (χ4v) is 2.48. The third-order valence-electron chi connectivity index (χ3n) is 3.70. The molecule has 0 bridgehead atoms. The van der Waals surface area contributed by atoms with Gasteiger partial charge in [-0.1, -0.05) is 5.21 Å². The number of rotatable bonds is 6. The van der Waals surface area contributed by atoms with Crippen molar-refractivity contribution in [3.8, 4) is 0 Å². The molecule has 6 nitrogen and oxygen atoms in total. The molecule has 0 amide bonds. The number of hydrogen-bond acceptors (Lipinski definition) is 5. The van der Waals surface area contributed by atoms with Gasteiger partial charge >= 0.3 is 0 Å². The van der Waals surface area contributed by atoms with Crippen molar-refractivity contribution in [2.24, 2.45) is 5.73 Å². The zero-order valence-electron chi connectivity index (χ0n) is 11.4. The number of likely N-dealkylation sites (N-methyl/N-ethyl adjacent to an activating group) is 2. The van der Waals surface area contributed by atoms with E-state index in [0.717, 1.165) is 25.3 Å². The molecule has 0 saturated carbocycles. The van der Waals surface area contributed by atoms with Gasteiger partial charge in [-0.25, -0.2) is 0 Å². The van der Waals surface area contributed by atoms with Crippen molar-refractivity contribution in [2.45, 2.75) is 32.0 Å². The molecule has 1 unspecified atom stereocenters. The van der Waals surface area contributed by atoms with Gasteiger partial charge in [0.05, 0.1) is 12.2 Å². The SMILES string of the molecule is CN(CCn1cc(CN)nn1)CC1CCCN1C. The van der Waals surface area contributed by atoms with Crippen LogP contribution >= 0.6 is 0 Å². The maximum atomic E-state index is 5.51. The van der Waals surface area contributed by atoms with Gasteiger partial charge in [0.1, 0.15) is 0 Å². The average Bonchev–Trinajstić information content (AvgIpc) is 2.97. The lowest BCUT2D eigenvalue weighted by Gasteiger charge is -2.25. The van der Waals surface area contributed by atoms with Crippen LogP contribution in [-0.4, -0.2) is 64.6 Å². The molecule has 18 heavy (non-hydrogen) atoms. The summed E-state index contributed by atoms with van der Waals surface area (Å²) < 4.78 is 1.87. The van der Waals surface area contributed by atoms with E-state index in [1.807, 2.05) is 10.9 Å². The van der Waals surface area contributed by atoms with E-state index in [9.17, 15) is 0 Å². The molecule has 1 fully saturated rings. The van der Waals surface area contributed by atoms with Crippen LogP contribution in [0.25, 0.3) is 0 Å². The quantitative estimate of drug-likeness (QED) is 0.757. The highest BCUT2D eigenvalue weighted by molar-refractivity contribution is 4.90. The summed E-state index contributed by atoms with van der Waals surface area (Å²) in [5.74, 6) is 0. The normalized spacial score (nSPS) is 21.0. The predicted octanol–water partition coefficient (Wildman–Crippen LogP) is -0.237. The van der Waals surface area contributed by atoms with Crippen LogP contribution in [0.5, 0.6) is 0 Å². The first-order valence-electron chi connectivity index (χ1n) is 6.67. The van der Waals surface area contributed by atoms with Crippen molar-refractivity contribution >= 4 is 0 Å². The number of nitrogens with zero attached hydrogens (tertiary/aromatic N) is 5. The van der Waals surface area contributed by atoms with Gasteiger partial charge in [-0.3, -0.25) is 4.68 Å². The molecule has 1 aromatic rings. The van der Waals surface area contributed by atoms with Crippen LogP contribution in [0.15, 0.2) is 6.20 Å². The average molecular weight is 252 g/mol. The van der Waals surface area contributed by atoms with Crippen LogP contribution in [0.1, 0.15) is 18.5 Å². The Labute approximate surface area is 109 Å². The van der Waals surface area contributed by atoms with Crippen molar-refractivity contribution in [3.63, 3.8) is 0 Å². The molecule has 1 aromatic heterocycles. The van der Waals surface area contributed by atoms with Gasteiger partial charge in [0.2, 0.25) is 0 Å². The molecule has 0 spiro atoms. The van der Waals surface area contributed by atoms with Crippen LogP contribution in [0.3, 0.4) is 0 Å². The molecule has 2 N–H and O–H groups in total. The first-order chi connectivity index (χ1) is 8.69. The minimum Gasteiger partial charge on any atom is -0.325 e. The van der Waals surface area contributed by atoms with Gasteiger partial charge in [0.25, 0.3) is 0 Å². The van der Waals surface area contributed by atoms with Crippen molar-refractivity contribution in [1.29, 1.82) is 0 Å². The summed E-state index contributed by atoms with van der Waals surface area (Å²) in [7, 11) is 4.39. The first-order valence-corrected chi connectivity index (χ1v) is 6.67. The van der Waals surface area contributed by atoms with Gasteiger partial charge in [-0.2, -0.15) is 0 Å². The summed E-state index contributed by atoms with van der Waals surface area (Å²) in [5, 5.41) is 8.04. The van der Waals surface area contributed by atoms with E-state index >= 15 is 0 Å². The van der Waals surface area contributed by atoms with E-state index in [2.05, 4.69) is 34.2 Å². The lowest BCUT2D eigenvalue weighted by Crippen LogP contribution is -2.37. The molecule has 2 rings (SSSR count). The molecule has 2 heterocycles. The Balaban J connectivity index is 1.72. The monoisotopic (exact) mass is 252 g/mol. The lowest BCUT2D eigenvalue weighted by molar-refractivity contribution is 0.213.